The Morgan fingerprint density at radius 3 is 2.61 bits per heavy atom. The van der Waals surface area contributed by atoms with Gasteiger partial charge in [0.15, 0.2) is 0 Å². The van der Waals surface area contributed by atoms with Gasteiger partial charge in [-0.1, -0.05) is 28.1 Å². The second kappa shape index (κ2) is 5.14. The van der Waals surface area contributed by atoms with Gasteiger partial charge in [0.25, 0.3) is 5.56 Å². The Balaban J connectivity index is 2.30. The maximum atomic E-state index is 11.2. The number of carbonyl (C=O) groups is 1. The van der Waals surface area contributed by atoms with Crippen LogP contribution in [0, 0.1) is 0 Å². The molecule has 2 aromatic rings. The monoisotopic (exact) mass is 308 g/mol. The van der Waals surface area contributed by atoms with E-state index in [1.165, 1.54) is 12.5 Å². The largest absolute Gasteiger partial charge is 0.477 e. The Bertz CT molecular complexity index is 635. The van der Waals surface area contributed by atoms with Crippen LogP contribution in [0.5, 0.6) is 0 Å². The van der Waals surface area contributed by atoms with Gasteiger partial charge >= 0.3 is 5.97 Å². The molecule has 1 aromatic heterocycles. The van der Waals surface area contributed by atoms with E-state index in [1.54, 1.807) is 4.57 Å². The van der Waals surface area contributed by atoms with Gasteiger partial charge in [-0.3, -0.25) is 4.79 Å². The van der Waals surface area contributed by atoms with Crippen molar-refractivity contribution in [2.24, 2.45) is 0 Å². The predicted molar refractivity (Wildman–Crippen MR) is 68.7 cm³/mol. The average Bonchev–Trinajstić information content (AvgIpc) is 2.34. The van der Waals surface area contributed by atoms with Crippen LogP contribution in [0.1, 0.15) is 15.9 Å². The molecule has 0 saturated carbocycles. The second-order valence-electron chi connectivity index (χ2n) is 3.70. The number of rotatable bonds is 3. The third-order valence-corrected chi connectivity index (χ3v) is 2.89. The van der Waals surface area contributed by atoms with Crippen LogP contribution in [0.15, 0.2) is 46.1 Å². The standard InChI is InChI=1S/C12H9BrN2O3/c13-9-3-1-8(2-4-9)5-15-6-10(12(17)18)11(16)14-7-15/h1-4,6-7H,5H2,(H,17,18). The molecule has 2 rings (SSSR count). The summed E-state index contributed by atoms with van der Waals surface area (Å²) in [7, 11) is 0. The molecule has 1 aromatic carbocycles. The van der Waals surface area contributed by atoms with Crippen LogP contribution >= 0.6 is 15.9 Å². The lowest BCUT2D eigenvalue weighted by molar-refractivity contribution is 0.0694. The summed E-state index contributed by atoms with van der Waals surface area (Å²) in [6.07, 6.45) is 2.62. The first-order valence-corrected chi connectivity index (χ1v) is 5.89. The van der Waals surface area contributed by atoms with Crippen molar-refractivity contribution in [3.8, 4) is 0 Å². The molecule has 0 spiro atoms. The van der Waals surface area contributed by atoms with Gasteiger partial charge in [0.2, 0.25) is 0 Å². The molecule has 0 unspecified atom stereocenters. The van der Waals surface area contributed by atoms with E-state index in [4.69, 9.17) is 5.11 Å². The number of hydrogen-bond acceptors (Lipinski definition) is 3. The Morgan fingerprint density at radius 2 is 2.00 bits per heavy atom. The van der Waals surface area contributed by atoms with Crippen molar-refractivity contribution in [2.75, 3.05) is 0 Å². The Morgan fingerprint density at radius 1 is 1.33 bits per heavy atom. The van der Waals surface area contributed by atoms with E-state index >= 15 is 0 Å². The molecular weight excluding hydrogens is 300 g/mol. The van der Waals surface area contributed by atoms with E-state index < -0.39 is 11.5 Å². The number of nitrogens with zero attached hydrogens (tertiary/aromatic N) is 2. The first-order valence-electron chi connectivity index (χ1n) is 5.10. The first-order chi connectivity index (χ1) is 8.56. The maximum Gasteiger partial charge on any atom is 0.342 e. The summed E-state index contributed by atoms with van der Waals surface area (Å²) >= 11 is 3.33. The molecule has 1 heterocycles. The summed E-state index contributed by atoms with van der Waals surface area (Å²) in [5.41, 5.74) is -0.0656. The quantitative estimate of drug-likeness (QED) is 0.937. The lowest BCUT2D eigenvalue weighted by Crippen LogP contribution is -2.20. The van der Waals surface area contributed by atoms with Gasteiger partial charge in [-0.15, -0.1) is 0 Å². The SMILES string of the molecule is O=C(O)c1cn(Cc2ccc(Br)cc2)cnc1=O. The normalized spacial score (nSPS) is 10.3. The molecule has 0 aliphatic carbocycles. The van der Waals surface area contributed by atoms with Crippen molar-refractivity contribution < 1.29 is 9.90 Å². The number of halogens is 1. The van der Waals surface area contributed by atoms with Crippen LogP contribution in [0.2, 0.25) is 0 Å². The number of aromatic nitrogens is 2. The first kappa shape index (κ1) is 12.5. The van der Waals surface area contributed by atoms with Crippen LogP contribution in [0.3, 0.4) is 0 Å². The van der Waals surface area contributed by atoms with E-state index in [-0.39, 0.29) is 5.56 Å². The highest BCUT2D eigenvalue weighted by molar-refractivity contribution is 9.10. The molecule has 0 fully saturated rings. The maximum absolute atomic E-state index is 11.2. The highest BCUT2D eigenvalue weighted by Crippen LogP contribution is 2.11. The van der Waals surface area contributed by atoms with Gasteiger partial charge < -0.3 is 9.67 Å². The van der Waals surface area contributed by atoms with Gasteiger partial charge in [-0.05, 0) is 17.7 Å². The third-order valence-electron chi connectivity index (χ3n) is 2.36. The lowest BCUT2D eigenvalue weighted by atomic mass is 10.2. The fourth-order valence-corrected chi connectivity index (χ4v) is 1.75. The Hall–Kier alpha value is -1.95. The minimum Gasteiger partial charge on any atom is -0.477 e. The van der Waals surface area contributed by atoms with E-state index in [2.05, 4.69) is 20.9 Å². The fourth-order valence-electron chi connectivity index (χ4n) is 1.48. The van der Waals surface area contributed by atoms with E-state index in [0.717, 1.165) is 10.0 Å². The Labute approximate surface area is 111 Å². The van der Waals surface area contributed by atoms with Crippen molar-refractivity contribution in [1.82, 2.24) is 9.55 Å². The van der Waals surface area contributed by atoms with Crippen LogP contribution in [-0.4, -0.2) is 20.6 Å². The molecule has 0 atom stereocenters. The molecule has 0 aliphatic rings. The summed E-state index contributed by atoms with van der Waals surface area (Å²) in [6.45, 7) is 0.459. The zero-order valence-corrected chi connectivity index (χ0v) is 10.8. The van der Waals surface area contributed by atoms with E-state index in [0.29, 0.717) is 6.54 Å². The van der Waals surface area contributed by atoms with E-state index in [1.807, 2.05) is 24.3 Å². The summed E-state index contributed by atoms with van der Waals surface area (Å²) in [5.74, 6) is -1.27. The molecule has 0 amide bonds. The number of benzene rings is 1. The summed E-state index contributed by atoms with van der Waals surface area (Å²) in [5, 5.41) is 8.83. The molecule has 0 saturated heterocycles. The van der Waals surface area contributed by atoms with Gasteiger partial charge in [0.1, 0.15) is 5.56 Å². The third kappa shape index (κ3) is 2.84. The molecule has 1 N–H and O–H groups in total. The highest BCUT2D eigenvalue weighted by atomic mass is 79.9. The van der Waals surface area contributed by atoms with Gasteiger partial charge in [-0.2, -0.15) is 4.98 Å². The summed E-state index contributed by atoms with van der Waals surface area (Å²) in [4.78, 5) is 25.5. The van der Waals surface area contributed by atoms with Crippen molar-refractivity contribution in [3.63, 3.8) is 0 Å². The smallest absolute Gasteiger partial charge is 0.342 e. The summed E-state index contributed by atoms with van der Waals surface area (Å²) < 4.78 is 2.53. The zero-order valence-electron chi connectivity index (χ0n) is 9.21. The van der Waals surface area contributed by atoms with Crippen molar-refractivity contribution in [3.05, 3.63) is 62.7 Å². The van der Waals surface area contributed by atoms with E-state index in [9.17, 15) is 9.59 Å². The molecule has 18 heavy (non-hydrogen) atoms. The average molecular weight is 309 g/mol. The van der Waals surface area contributed by atoms with Crippen molar-refractivity contribution >= 4 is 21.9 Å². The van der Waals surface area contributed by atoms with Crippen LogP contribution in [0.4, 0.5) is 0 Å². The number of hydrogen-bond donors (Lipinski definition) is 1. The predicted octanol–water partition coefficient (Wildman–Crippen LogP) is 1.75. The molecule has 0 radical (unpaired) electrons. The minimum absolute atomic E-state index is 0.324. The van der Waals surface area contributed by atoms with Crippen LogP contribution in [-0.2, 0) is 6.54 Å². The topological polar surface area (TPSA) is 72.2 Å². The molecule has 5 nitrogen and oxygen atoms in total. The molecule has 6 heteroatoms. The molecule has 92 valence electrons. The van der Waals surface area contributed by atoms with Crippen LogP contribution in [0.25, 0.3) is 0 Å². The number of carboxylic acid groups (broad SMARTS) is 1. The Kier molecular flexibility index (Phi) is 3.57. The minimum atomic E-state index is -1.27. The second-order valence-corrected chi connectivity index (χ2v) is 4.61. The summed E-state index contributed by atoms with van der Waals surface area (Å²) in [6, 6.07) is 7.60. The number of aromatic carboxylic acids is 1. The van der Waals surface area contributed by atoms with Gasteiger partial charge in [0.05, 0.1) is 6.33 Å². The van der Waals surface area contributed by atoms with Gasteiger partial charge in [0, 0.05) is 17.2 Å². The molecule has 0 aliphatic heterocycles. The molecular formula is C12H9BrN2O3. The molecule has 0 bridgehead atoms. The van der Waals surface area contributed by atoms with Gasteiger partial charge in [-0.25, -0.2) is 4.79 Å². The highest BCUT2D eigenvalue weighted by Gasteiger charge is 2.09. The number of carboxylic acids is 1. The van der Waals surface area contributed by atoms with Crippen molar-refractivity contribution in [1.29, 1.82) is 0 Å². The van der Waals surface area contributed by atoms with Crippen molar-refractivity contribution in [2.45, 2.75) is 6.54 Å². The zero-order chi connectivity index (χ0) is 13.1. The fraction of sp³-hybridized carbons (Fsp3) is 0.0833. The lowest BCUT2D eigenvalue weighted by Gasteiger charge is -2.06. The van der Waals surface area contributed by atoms with Crippen LogP contribution < -0.4 is 5.56 Å².